The third-order valence-electron chi connectivity index (χ3n) is 4.83. The molecule has 134 valence electrons. The molecule has 0 aliphatic rings. The highest BCUT2D eigenvalue weighted by Gasteiger charge is 2.15. The van der Waals surface area contributed by atoms with Crippen LogP contribution in [0.15, 0.2) is 97.1 Å². The first kappa shape index (κ1) is 16.3. The Bertz CT molecular complexity index is 1160. The van der Waals surface area contributed by atoms with Gasteiger partial charge in [0.05, 0.1) is 5.69 Å². The van der Waals surface area contributed by atoms with Crippen LogP contribution in [0.5, 0.6) is 0 Å². The van der Waals surface area contributed by atoms with Gasteiger partial charge in [0.15, 0.2) is 0 Å². The largest absolute Gasteiger partial charge is 0.399 e. The first-order chi connectivity index (χ1) is 13.8. The zero-order valence-electron chi connectivity index (χ0n) is 15.2. The third kappa shape index (κ3) is 2.81. The number of nitrogens with zero attached hydrogens (tertiary/aromatic N) is 3. The Labute approximate surface area is 162 Å². The molecule has 0 aliphatic carbocycles. The van der Waals surface area contributed by atoms with Crippen molar-refractivity contribution in [2.45, 2.75) is 0 Å². The molecule has 0 atom stereocenters. The van der Waals surface area contributed by atoms with Crippen LogP contribution in [0.4, 0.5) is 5.69 Å². The number of benzene rings is 4. The van der Waals surface area contributed by atoms with Crippen molar-refractivity contribution >= 4 is 16.7 Å². The Morgan fingerprint density at radius 1 is 0.536 bits per heavy atom. The predicted octanol–water partition coefficient (Wildman–Crippen LogP) is 5.34. The molecular weight excluding hydrogens is 344 g/mol. The van der Waals surface area contributed by atoms with E-state index in [0.29, 0.717) is 0 Å². The molecule has 0 amide bonds. The molecule has 0 saturated heterocycles. The summed E-state index contributed by atoms with van der Waals surface area (Å²) in [6, 6.07) is 32.4. The van der Waals surface area contributed by atoms with Gasteiger partial charge in [0.2, 0.25) is 0 Å². The number of aromatic nitrogens is 3. The molecule has 0 unspecified atom stereocenters. The van der Waals surface area contributed by atoms with Crippen molar-refractivity contribution in [3.8, 4) is 27.9 Å². The fourth-order valence-electron chi connectivity index (χ4n) is 3.42. The van der Waals surface area contributed by atoms with Gasteiger partial charge in [-0.3, -0.25) is 0 Å². The molecule has 2 N–H and O–H groups in total. The van der Waals surface area contributed by atoms with Crippen LogP contribution in [0.25, 0.3) is 39.0 Å². The van der Waals surface area contributed by atoms with Gasteiger partial charge in [0.25, 0.3) is 0 Å². The molecule has 4 aromatic carbocycles. The van der Waals surface area contributed by atoms with Crippen molar-refractivity contribution in [3.63, 3.8) is 0 Å². The molecule has 0 fully saturated rings. The summed E-state index contributed by atoms with van der Waals surface area (Å²) in [5.41, 5.74) is 13.6. The minimum Gasteiger partial charge on any atom is -0.399 e. The average molecular weight is 362 g/mol. The summed E-state index contributed by atoms with van der Waals surface area (Å²) in [6.07, 6.45) is 0. The van der Waals surface area contributed by atoms with Gasteiger partial charge in [-0.25, -0.2) is 0 Å². The first-order valence-corrected chi connectivity index (χ1v) is 9.16. The molecule has 5 aromatic rings. The number of hydrogen-bond donors (Lipinski definition) is 1. The van der Waals surface area contributed by atoms with Crippen LogP contribution in [-0.4, -0.2) is 15.0 Å². The van der Waals surface area contributed by atoms with Gasteiger partial charge in [-0.1, -0.05) is 72.8 Å². The Balaban J connectivity index is 1.78. The number of nitrogens with two attached hydrogens (primary N) is 1. The summed E-state index contributed by atoms with van der Waals surface area (Å²) >= 11 is 0. The lowest BCUT2D eigenvalue weighted by atomic mass is 9.98. The van der Waals surface area contributed by atoms with Gasteiger partial charge in [-0.05, 0) is 35.4 Å². The molecule has 0 saturated carbocycles. The second-order valence-electron chi connectivity index (χ2n) is 6.67. The Morgan fingerprint density at radius 2 is 1.00 bits per heavy atom. The van der Waals surface area contributed by atoms with E-state index in [0.717, 1.165) is 44.7 Å². The molecule has 1 aromatic heterocycles. The maximum Gasteiger partial charge on any atom is 0.122 e. The van der Waals surface area contributed by atoms with Crippen LogP contribution in [0.3, 0.4) is 0 Å². The summed E-state index contributed by atoms with van der Waals surface area (Å²) in [6.45, 7) is 0. The van der Waals surface area contributed by atoms with E-state index in [9.17, 15) is 0 Å². The highest BCUT2D eigenvalue weighted by molar-refractivity contribution is 6.00. The molecule has 1 heterocycles. The summed E-state index contributed by atoms with van der Waals surface area (Å²) in [5, 5.41) is 9.68. The molecule has 5 rings (SSSR count). The van der Waals surface area contributed by atoms with Crippen LogP contribution < -0.4 is 5.73 Å². The molecule has 4 nitrogen and oxygen atoms in total. The SMILES string of the molecule is Nc1ccc(-n2nc3c(-c4ccccc4)ccc(-c4ccccc4)c3n2)cc1. The molecular formula is C24H18N4. The van der Waals surface area contributed by atoms with Crippen molar-refractivity contribution in [2.75, 3.05) is 5.73 Å². The highest BCUT2D eigenvalue weighted by atomic mass is 15.5. The van der Waals surface area contributed by atoms with Gasteiger partial charge in [0.1, 0.15) is 11.0 Å². The fourth-order valence-corrected chi connectivity index (χ4v) is 3.42. The third-order valence-corrected chi connectivity index (χ3v) is 4.83. The number of nitrogen functional groups attached to an aromatic ring is 1. The molecule has 0 bridgehead atoms. The van der Waals surface area contributed by atoms with E-state index in [4.69, 9.17) is 15.9 Å². The van der Waals surface area contributed by atoms with Crippen LogP contribution in [0.2, 0.25) is 0 Å². The van der Waals surface area contributed by atoms with Crippen LogP contribution in [0.1, 0.15) is 0 Å². The van der Waals surface area contributed by atoms with Gasteiger partial charge < -0.3 is 5.73 Å². The quantitative estimate of drug-likeness (QED) is 0.441. The molecule has 0 aliphatic heterocycles. The number of fused-ring (bicyclic) bond motifs is 1. The monoisotopic (exact) mass is 362 g/mol. The second-order valence-corrected chi connectivity index (χ2v) is 6.67. The maximum absolute atomic E-state index is 5.83. The van der Waals surface area contributed by atoms with E-state index in [-0.39, 0.29) is 0 Å². The normalized spacial score (nSPS) is 11.0. The van der Waals surface area contributed by atoms with Gasteiger partial charge in [-0.2, -0.15) is 4.80 Å². The average Bonchev–Trinajstić information content (AvgIpc) is 3.20. The van der Waals surface area contributed by atoms with E-state index >= 15 is 0 Å². The molecule has 4 heteroatoms. The number of anilines is 1. The predicted molar refractivity (Wildman–Crippen MR) is 114 cm³/mol. The van der Waals surface area contributed by atoms with E-state index in [2.05, 4.69) is 36.4 Å². The first-order valence-electron chi connectivity index (χ1n) is 9.16. The summed E-state index contributed by atoms with van der Waals surface area (Å²) in [4.78, 5) is 1.68. The minimum absolute atomic E-state index is 0.718. The van der Waals surface area contributed by atoms with Crippen molar-refractivity contribution in [2.24, 2.45) is 0 Å². The molecule has 28 heavy (non-hydrogen) atoms. The van der Waals surface area contributed by atoms with E-state index < -0.39 is 0 Å². The van der Waals surface area contributed by atoms with E-state index in [1.807, 2.05) is 60.7 Å². The minimum atomic E-state index is 0.718. The fraction of sp³-hybridized carbons (Fsp3) is 0. The summed E-state index contributed by atoms with van der Waals surface area (Å²) < 4.78 is 0. The molecule has 0 radical (unpaired) electrons. The maximum atomic E-state index is 5.83. The van der Waals surface area contributed by atoms with Crippen molar-refractivity contribution in [1.82, 2.24) is 15.0 Å². The Kier molecular flexibility index (Phi) is 3.87. The lowest BCUT2D eigenvalue weighted by Gasteiger charge is -2.06. The van der Waals surface area contributed by atoms with E-state index in [1.54, 1.807) is 4.80 Å². The zero-order valence-corrected chi connectivity index (χ0v) is 15.2. The van der Waals surface area contributed by atoms with Gasteiger partial charge >= 0.3 is 0 Å². The van der Waals surface area contributed by atoms with Gasteiger partial charge in [-0.15, -0.1) is 10.2 Å². The van der Waals surface area contributed by atoms with Crippen molar-refractivity contribution in [1.29, 1.82) is 0 Å². The van der Waals surface area contributed by atoms with Crippen molar-refractivity contribution in [3.05, 3.63) is 97.1 Å². The van der Waals surface area contributed by atoms with Crippen LogP contribution in [-0.2, 0) is 0 Å². The van der Waals surface area contributed by atoms with Gasteiger partial charge in [0, 0.05) is 16.8 Å². The Morgan fingerprint density at radius 3 is 1.46 bits per heavy atom. The van der Waals surface area contributed by atoms with Crippen molar-refractivity contribution < 1.29 is 0 Å². The number of hydrogen-bond acceptors (Lipinski definition) is 3. The molecule has 0 spiro atoms. The summed E-state index contributed by atoms with van der Waals surface area (Å²) in [7, 11) is 0. The van der Waals surface area contributed by atoms with E-state index in [1.165, 1.54) is 0 Å². The zero-order chi connectivity index (χ0) is 18.9. The highest BCUT2D eigenvalue weighted by Crippen LogP contribution is 2.34. The second kappa shape index (κ2) is 6.67. The van der Waals surface area contributed by atoms with Crippen LogP contribution in [0, 0.1) is 0 Å². The standard InChI is InChI=1S/C24H18N4/c25-19-11-13-20(14-12-19)28-26-23-21(17-7-3-1-4-8-17)15-16-22(24(23)27-28)18-9-5-2-6-10-18/h1-16H,25H2. The Hall–Kier alpha value is -3.92. The van der Waals surface area contributed by atoms with Crippen LogP contribution >= 0.6 is 0 Å². The smallest absolute Gasteiger partial charge is 0.122 e. The topological polar surface area (TPSA) is 56.7 Å². The number of rotatable bonds is 3. The lowest BCUT2D eigenvalue weighted by Crippen LogP contribution is -1.98. The lowest BCUT2D eigenvalue weighted by molar-refractivity contribution is 0.766. The summed E-state index contributed by atoms with van der Waals surface area (Å²) in [5.74, 6) is 0.